The van der Waals surface area contributed by atoms with Crippen molar-refractivity contribution in [3.8, 4) is 5.75 Å². The molecule has 2 nitrogen and oxygen atoms in total. The van der Waals surface area contributed by atoms with E-state index in [4.69, 9.17) is 10.5 Å². The Labute approximate surface area is 127 Å². The zero-order valence-electron chi connectivity index (χ0n) is 12.2. The molecule has 2 aromatic rings. The molecule has 0 saturated heterocycles. The minimum atomic E-state index is -4.33. The van der Waals surface area contributed by atoms with Crippen molar-refractivity contribution in [1.29, 1.82) is 0 Å². The largest absolute Gasteiger partial charge is 0.493 e. The lowest BCUT2D eigenvalue weighted by Crippen LogP contribution is -2.19. The van der Waals surface area contributed by atoms with Gasteiger partial charge in [0.1, 0.15) is 5.75 Å². The number of nitrogens with two attached hydrogens (primary N) is 1. The van der Waals surface area contributed by atoms with Gasteiger partial charge in [0.25, 0.3) is 0 Å². The van der Waals surface area contributed by atoms with E-state index in [0.717, 1.165) is 23.3 Å². The zero-order valence-corrected chi connectivity index (χ0v) is 12.2. The number of hydrogen-bond donors (Lipinski definition) is 1. The summed E-state index contributed by atoms with van der Waals surface area (Å²) in [6, 6.07) is 12.6. The van der Waals surface area contributed by atoms with Crippen molar-refractivity contribution < 1.29 is 17.9 Å². The van der Waals surface area contributed by atoms with Crippen molar-refractivity contribution in [3.05, 3.63) is 65.2 Å². The standard InChI is InChI=1S/C17H18F3NO/c1-12-2-4-13(5-3-12)14(10-21)11-22-16-8-6-15(7-9-16)17(18,19)20/h2-9,14H,10-11,21H2,1H3. The molecule has 0 aliphatic heterocycles. The molecule has 0 radical (unpaired) electrons. The lowest BCUT2D eigenvalue weighted by Gasteiger charge is -2.17. The number of alkyl halides is 3. The van der Waals surface area contributed by atoms with Gasteiger partial charge in [0.05, 0.1) is 12.2 Å². The van der Waals surface area contributed by atoms with Crippen molar-refractivity contribution in [2.45, 2.75) is 19.0 Å². The molecule has 0 fully saturated rings. The third-order valence-corrected chi connectivity index (χ3v) is 3.47. The molecule has 1 atom stereocenters. The quantitative estimate of drug-likeness (QED) is 0.901. The van der Waals surface area contributed by atoms with Crippen LogP contribution in [0.5, 0.6) is 5.75 Å². The van der Waals surface area contributed by atoms with Crippen molar-refractivity contribution >= 4 is 0 Å². The van der Waals surface area contributed by atoms with Gasteiger partial charge in [-0.1, -0.05) is 29.8 Å². The van der Waals surface area contributed by atoms with E-state index in [1.807, 2.05) is 31.2 Å². The molecule has 0 spiro atoms. The second-order valence-electron chi connectivity index (χ2n) is 5.18. The Bertz CT molecular complexity index is 591. The average Bonchev–Trinajstić information content (AvgIpc) is 2.49. The summed E-state index contributed by atoms with van der Waals surface area (Å²) in [4.78, 5) is 0. The van der Waals surface area contributed by atoms with Crippen LogP contribution in [0.4, 0.5) is 13.2 Å². The number of ether oxygens (including phenoxy) is 1. The van der Waals surface area contributed by atoms with E-state index < -0.39 is 11.7 Å². The van der Waals surface area contributed by atoms with Crippen LogP contribution >= 0.6 is 0 Å². The van der Waals surface area contributed by atoms with E-state index in [2.05, 4.69) is 0 Å². The van der Waals surface area contributed by atoms with Gasteiger partial charge in [-0.15, -0.1) is 0 Å². The fourth-order valence-electron chi connectivity index (χ4n) is 2.08. The van der Waals surface area contributed by atoms with Gasteiger partial charge in [-0.3, -0.25) is 0 Å². The SMILES string of the molecule is Cc1ccc(C(CN)COc2ccc(C(F)(F)F)cc2)cc1. The predicted molar refractivity (Wildman–Crippen MR) is 79.9 cm³/mol. The van der Waals surface area contributed by atoms with Gasteiger partial charge >= 0.3 is 6.18 Å². The summed E-state index contributed by atoms with van der Waals surface area (Å²) in [5.74, 6) is 0.404. The summed E-state index contributed by atoms with van der Waals surface area (Å²) >= 11 is 0. The monoisotopic (exact) mass is 309 g/mol. The Morgan fingerprint density at radius 2 is 1.59 bits per heavy atom. The number of rotatable bonds is 5. The first-order valence-corrected chi connectivity index (χ1v) is 6.97. The molecule has 2 rings (SSSR count). The van der Waals surface area contributed by atoms with Gasteiger partial charge < -0.3 is 10.5 Å². The first-order valence-electron chi connectivity index (χ1n) is 6.97. The van der Waals surface area contributed by atoms with E-state index in [1.165, 1.54) is 12.1 Å². The highest BCUT2D eigenvalue weighted by molar-refractivity contribution is 5.29. The maximum Gasteiger partial charge on any atom is 0.416 e. The second kappa shape index (κ2) is 6.83. The van der Waals surface area contributed by atoms with Crippen molar-refractivity contribution in [2.75, 3.05) is 13.2 Å². The summed E-state index contributed by atoms with van der Waals surface area (Å²) < 4.78 is 43.0. The van der Waals surface area contributed by atoms with Crippen LogP contribution in [0.3, 0.4) is 0 Å². The molecular weight excluding hydrogens is 291 g/mol. The van der Waals surface area contributed by atoms with Gasteiger partial charge in [0.2, 0.25) is 0 Å². The molecule has 0 aliphatic carbocycles. The summed E-state index contributed by atoms with van der Waals surface area (Å²) in [6.45, 7) is 2.73. The molecule has 5 heteroatoms. The molecule has 0 aromatic heterocycles. The van der Waals surface area contributed by atoms with E-state index >= 15 is 0 Å². The summed E-state index contributed by atoms with van der Waals surface area (Å²) in [6.07, 6.45) is -4.33. The van der Waals surface area contributed by atoms with Crippen LogP contribution < -0.4 is 10.5 Å². The van der Waals surface area contributed by atoms with Crippen LogP contribution in [0, 0.1) is 6.92 Å². The van der Waals surface area contributed by atoms with Crippen LogP contribution in [0.2, 0.25) is 0 Å². The molecule has 1 unspecified atom stereocenters. The third-order valence-electron chi connectivity index (χ3n) is 3.47. The van der Waals surface area contributed by atoms with Crippen LogP contribution in [0.1, 0.15) is 22.6 Å². The Balaban J connectivity index is 2.00. The minimum absolute atomic E-state index is 0.00268. The van der Waals surface area contributed by atoms with Crippen LogP contribution in [0.15, 0.2) is 48.5 Å². The third kappa shape index (κ3) is 4.24. The van der Waals surface area contributed by atoms with Crippen molar-refractivity contribution in [3.63, 3.8) is 0 Å². The highest BCUT2D eigenvalue weighted by atomic mass is 19.4. The van der Waals surface area contributed by atoms with E-state index in [1.54, 1.807) is 0 Å². The maximum atomic E-state index is 12.5. The molecule has 22 heavy (non-hydrogen) atoms. The lowest BCUT2D eigenvalue weighted by molar-refractivity contribution is -0.137. The first-order chi connectivity index (χ1) is 10.4. The topological polar surface area (TPSA) is 35.2 Å². The van der Waals surface area contributed by atoms with E-state index in [0.29, 0.717) is 18.9 Å². The Kier molecular flexibility index (Phi) is 5.08. The molecule has 0 saturated carbocycles. The first kappa shape index (κ1) is 16.4. The highest BCUT2D eigenvalue weighted by Gasteiger charge is 2.30. The number of aryl methyl sites for hydroxylation is 1. The summed E-state index contributed by atoms with van der Waals surface area (Å²) in [5.41, 5.74) is 7.28. The predicted octanol–water partition coefficient (Wildman–Crippen LogP) is 4.14. The number of hydrogen-bond acceptors (Lipinski definition) is 2. The molecule has 0 amide bonds. The number of benzene rings is 2. The smallest absolute Gasteiger partial charge is 0.416 e. The fourth-order valence-corrected chi connectivity index (χ4v) is 2.08. The Morgan fingerprint density at radius 1 is 1.00 bits per heavy atom. The Morgan fingerprint density at radius 3 is 2.09 bits per heavy atom. The average molecular weight is 309 g/mol. The van der Waals surface area contributed by atoms with Crippen LogP contribution in [-0.2, 0) is 6.18 Å². The van der Waals surface area contributed by atoms with Crippen molar-refractivity contribution in [1.82, 2.24) is 0 Å². The molecule has 118 valence electrons. The molecular formula is C17H18F3NO. The molecule has 2 aromatic carbocycles. The highest BCUT2D eigenvalue weighted by Crippen LogP contribution is 2.30. The zero-order chi connectivity index (χ0) is 16.2. The van der Waals surface area contributed by atoms with Gasteiger partial charge in [0, 0.05) is 12.5 Å². The van der Waals surface area contributed by atoms with Crippen LogP contribution in [0.25, 0.3) is 0 Å². The number of halogens is 3. The van der Waals surface area contributed by atoms with Crippen LogP contribution in [-0.4, -0.2) is 13.2 Å². The molecule has 0 bridgehead atoms. The Hall–Kier alpha value is -2.01. The normalized spacial score (nSPS) is 13.0. The van der Waals surface area contributed by atoms with E-state index in [-0.39, 0.29) is 5.92 Å². The minimum Gasteiger partial charge on any atom is -0.493 e. The second-order valence-corrected chi connectivity index (χ2v) is 5.18. The van der Waals surface area contributed by atoms with Crippen molar-refractivity contribution in [2.24, 2.45) is 5.73 Å². The van der Waals surface area contributed by atoms with Gasteiger partial charge in [-0.25, -0.2) is 0 Å². The summed E-state index contributed by atoms with van der Waals surface area (Å²) in [5, 5.41) is 0. The lowest BCUT2D eigenvalue weighted by atomic mass is 9.99. The molecule has 2 N–H and O–H groups in total. The summed E-state index contributed by atoms with van der Waals surface area (Å²) in [7, 11) is 0. The van der Waals surface area contributed by atoms with Gasteiger partial charge in [0.15, 0.2) is 0 Å². The van der Waals surface area contributed by atoms with E-state index in [9.17, 15) is 13.2 Å². The fraction of sp³-hybridized carbons (Fsp3) is 0.294. The maximum absolute atomic E-state index is 12.5. The molecule has 0 heterocycles. The van der Waals surface area contributed by atoms with Gasteiger partial charge in [-0.2, -0.15) is 13.2 Å². The van der Waals surface area contributed by atoms with Gasteiger partial charge in [-0.05, 0) is 36.8 Å². The molecule has 0 aliphatic rings.